The third-order valence-corrected chi connectivity index (χ3v) is 4.52. The van der Waals surface area contributed by atoms with Gasteiger partial charge < -0.3 is 11.1 Å². The molecule has 3 nitrogen and oxygen atoms in total. The lowest BCUT2D eigenvalue weighted by Gasteiger charge is -2.15. The summed E-state index contributed by atoms with van der Waals surface area (Å²) in [5, 5.41) is 3.39. The molecular weight excluding hydrogens is 304 g/mol. The van der Waals surface area contributed by atoms with Crippen LogP contribution in [0.5, 0.6) is 0 Å². The topological polar surface area (TPSA) is 55.1 Å². The monoisotopic (exact) mass is 320 g/mol. The van der Waals surface area contributed by atoms with Gasteiger partial charge in [-0.1, -0.05) is 24.6 Å². The molecule has 2 aromatic rings. The van der Waals surface area contributed by atoms with E-state index in [9.17, 15) is 4.79 Å². The zero-order valence-electron chi connectivity index (χ0n) is 11.7. The molecule has 0 aromatic heterocycles. The minimum atomic E-state index is -0.164. The lowest BCUT2D eigenvalue weighted by Crippen LogP contribution is -2.24. The fraction of sp³-hybridized carbons (Fsp3) is 0.188. The number of nitrogens with one attached hydrogen (secondary N) is 1. The number of benzene rings is 2. The van der Waals surface area contributed by atoms with Gasteiger partial charge in [-0.3, -0.25) is 4.79 Å². The average Bonchev–Trinajstić information content (AvgIpc) is 2.47. The summed E-state index contributed by atoms with van der Waals surface area (Å²) >= 11 is 7.35. The number of halogens is 1. The molecule has 1 unspecified atom stereocenters. The van der Waals surface area contributed by atoms with Gasteiger partial charge in [0.1, 0.15) is 0 Å². The van der Waals surface area contributed by atoms with Crippen molar-refractivity contribution in [3.05, 3.63) is 53.6 Å². The molecule has 110 valence electrons. The molecule has 0 heterocycles. The third-order valence-electron chi connectivity index (χ3n) is 2.91. The molecule has 0 radical (unpaired) electrons. The van der Waals surface area contributed by atoms with Gasteiger partial charge in [0.2, 0.25) is 5.91 Å². The van der Waals surface area contributed by atoms with Crippen molar-refractivity contribution in [2.45, 2.75) is 23.5 Å². The molecule has 0 saturated heterocycles. The Kier molecular flexibility index (Phi) is 5.53. The Morgan fingerprint density at radius 3 is 2.62 bits per heavy atom. The Morgan fingerprint density at radius 2 is 2.00 bits per heavy atom. The van der Waals surface area contributed by atoms with Crippen LogP contribution in [0, 0.1) is 0 Å². The van der Waals surface area contributed by atoms with Crippen molar-refractivity contribution in [3.8, 4) is 0 Å². The first-order valence-corrected chi connectivity index (χ1v) is 7.93. The highest BCUT2D eigenvalue weighted by atomic mass is 35.5. The maximum Gasteiger partial charge on any atom is 0.237 e. The van der Waals surface area contributed by atoms with Gasteiger partial charge in [-0.15, -0.1) is 11.8 Å². The minimum absolute atomic E-state index is 0.0211. The summed E-state index contributed by atoms with van der Waals surface area (Å²) in [5.74, 6) is -0.0211. The number of hydrogen-bond acceptors (Lipinski definition) is 3. The quantitative estimate of drug-likeness (QED) is 0.633. The minimum Gasteiger partial charge on any atom is -0.399 e. The fourth-order valence-corrected chi connectivity index (χ4v) is 2.98. The number of nitrogen functional groups attached to an aromatic ring is 1. The maximum atomic E-state index is 12.3. The van der Waals surface area contributed by atoms with Gasteiger partial charge >= 0.3 is 0 Å². The van der Waals surface area contributed by atoms with Crippen LogP contribution in [0.1, 0.15) is 13.3 Å². The summed E-state index contributed by atoms with van der Waals surface area (Å²) in [6, 6.07) is 14.6. The van der Waals surface area contributed by atoms with Crippen molar-refractivity contribution in [2.24, 2.45) is 0 Å². The fourth-order valence-electron chi connectivity index (χ4n) is 1.83. The van der Waals surface area contributed by atoms with Crippen LogP contribution in [0.25, 0.3) is 0 Å². The maximum absolute atomic E-state index is 12.3. The summed E-state index contributed by atoms with van der Waals surface area (Å²) in [4.78, 5) is 13.3. The Bertz CT molecular complexity index is 616. The van der Waals surface area contributed by atoms with E-state index in [1.165, 1.54) is 11.8 Å². The van der Waals surface area contributed by atoms with Gasteiger partial charge in [0.05, 0.1) is 5.25 Å². The van der Waals surface area contributed by atoms with Crippen molar-refractivity contribution in [1.29, 1.82) is 0 Å². The zero-order valence-corrected chi connectivity index (χ0v) is 13.2. The highest BCUT2D eigenvalue weighted by molar-refractivity contribution is 8.00. The van der Waals surface area contributed by atoms with Gasteiger partial charge in [0.25, 0.3) is 0 Å². The van der Waals surface area contributed by atoms with E-state index in [1.54, 1.807) is 24.3 Å². The summed E-state index contributed by atoms with van der Waals surface area (Å²) in [5.41, 5.74) is 7.21. The highest BCUT2D eigenvalue weighted by Crippen LogP contribution is 2.27. The van der Waals surface area contributed by atoms with Crippen LogP contribution in [0.15, 0.2) is 53.4 Å². The Hall–Kier alpha value is -1.65. The molecule has 1 amide bonds. The van der Waals surface area contributed by atoms with E-state index >= 15 is 0 Å². The number of carbonyl (C=O) groups is 1. The van der Waals surface area contributed by atoms with E-state index in [-0.39, 0.29) is 11.2 Å². The lowest BCUT2D eigenvalue weighted by molar-refractivity contribution is -0.115. The van der Waals surface area contributed by atoms with Gasteiger partial charge in [-0.05, 0) is 48.9 Å². The lowest BCUT2D eigenvalue weighted by atomic mass is 10.3. The molecule has 0 aliphatic heterocycles. The molecule has 0 bridgehead atoms. The normalized spacial score (nSPS) is 11.9. The second-order valence-corrected chi connectivity index (χ2v) is 6.30. The van der Waals surface area contributed by atoms with E-state index in [0.717, 1.165) is 17.0 Å². The summed E-state index contributed by atoms with van der Waals surface area (Å²) in [7, 11) is 0. The van der Waals surface area contributed by atoms with Crippen molar-refractivity contribution in [3.63, 3.8) is 0 Å². The number of hydrogen-bond donors (Lipinski definition) is 2. The molecule has 0 saturated carbocycles. The van der Waals surface area contributed by atoms with Crippen LogP contribution in [-0.2, 0) is 4.79 Å². The van der Waals surface area contributed by atoms with Gasteiger partial charge in [-0.2, -0.15) is 0 Å². The highest BCUT2D eigenvalue weighted by Gasteiger charge is 2.18. The van der Waals surface area contributed by atoms with Crippen LogP contribution in [-0.4, -0.2) is 11.2 Å². The van der Waals surface area contributed by atoms with Crippen LogP contribution in [0.3, 0.4) is 0 Å². The summed E-state index contributed by atoms with van der Waals surface area (Å²) in [6.45, 7) is 1.99. The molecule has 0 aliphatic rings. The summed E-state index contributed by atoms with van der Waals surface area (Å²) in [6.07, 6.45) is 0.735. The molecule has 1 atom stereocenters. The van der Waals surface area contributed by atoms with Crippen LogP contribution in [0.2, 0.25) is 5.02 Å². The first-order valence-electron chi connectivity index (χ1n) is 6.67. The van der Waals surface area contributed by atoms with Crippen molar-refractivity contribution in [1.82, 2.24) is 0 Å². The predicted molar refractivity (Wildman–Crippen MR) is 90.9 cm³/mol. The molecule has 2 aromatic carbocycles. The van der Waals surface area contributed by atoms with E-state index in [0.29, 0.717) is 10.7 Å². The molecule has 0 fully saturated rings. The number of anilines is 2. The van der Waals surface area contributed by atoms with E-state index in [2.05, 4.69) is 5.32 Å². The van der Waals surface area contributed by atoms with E-state index in [4.69, 9.17) is 17.3 Å². The van der Waals surface area contributed by atoms with Crippen molar-refractivity contribution >= 4 is 40.6 Å². The van der Waals surface area contributed by atoms with Crippen LogP contribution >= 0.6 is 23.4 Å². The number of nitrogens with two attached hydrogens (primary N) is 1. The molecule has 3 N–H and O–H groups in total. The first kappa shape index (κ1) is 15.7. The van der Waals surface area contributed by atoms with Gasteiger partial charge in [0, 0.05) is 21.3 Å². The number of thioether (sulfide) groups is 1. The van der Waals surface area contributed by atoms with Crippen LogP contribution < -0.4 is 11.1 Å². The smallest absolute Gasteiger partial charge is 0.237 e. The average molecular weight is 321 g/mol. The standard InChI is InChI=1S/C16H17ClN2OS/c1-2-15(21-14-5-3-4-12(18)10-14)16(20)19-13-8-6-11(17)7-9-13/h3-10,15H,2,18H2,1H3,(H,19,20). The summed E-state index contributed by atoms with van der Waals surface area (Å²) < 4.78 is 0. The number of amides is 1. The molecule has 0 spiro atoms. The van der Waals surface area contributed by atoms with Crippen molar-refractivity contribution < 1.29 is 4.79 Å². The molecule has 2 rings (SSSR count). The van der Waals surface area contributed by atoms with Crippen LogP contribution in [0.4, 0.5) is 11.4 Å². The van der Waals surface area contributed by atoms with Crippen molar-refractivity contribution in [2.75, 3.05) is 11.1 Å². The van der Waals surface area contributed by atoms with Gasteiger partial charge in [0.15, 0.2) is 0 Å². The second-order valence-electron chi connectivity index (χ2n) is 4.58. The Balaban J connectivity index is 2.03. The number of carbonyl (C=O) groups excluding carboxylic acids is 1. The molecular formula is C16H17ClN2OS. The van der Waals surface area contributed by atoms with E-state index < -0.39 is 0 Å². The Morgan fingerprint density at radius 1 is 1.29 bits per heavy atom. The zero-order chi connectivity index (χ0) is 15.2. The van der Waals surface area contributed by atoms with E-state index in [1.807, 2.05) is 31.2 Å². The largest absolute Gasteiger partial charge is 0.399 e. The number of rotatable bonds is 5. The first-order chi connectivity index (χ1) is 10.1. The van der Waals surface area contributed by atoms with Gasteiger partial charge in [-0.25, -0.2) is 0 Å². The SMILES string of the molecule is CCC(Sc1cccc(N)c1)C(=O)Nc1ccc(Cl)cc1. The molecule has 21 heavy (non-hydrogen) atoms. The predicted octanol–water partition coefficient (Wildman–Crippen LogP) is 4.43. The Labute approximate surface area is 133 Å². The molecule has 0 aliphatic carbocycles. The molecule has 5 heteroatoms. The third kappa shape index (κ3) is 4.69. The second kappa shape index (κ2) is 7.38.